The van der Waals surface area contributed by atoms with E-state index in [1.165, 1.54) is 25.1 Å². The highest BCUT2D eigenvalue weighted by atomic mass is 15.1. The van der Waals surface area contributed by atoms with E-state index in [1.54, 1.807) is 0 Å². The molecule has 1 nitrogen and oxygen atoms in total. The molecule has 0 atom stereocenters. The van der Waals surface area contributed by atoms with Gasteiger partial charge in [0.2, 0.25) is 0 Å². The van der Waals surface area contributed by atoms with Crippen molar-refractivity contribution in [2.75, 3.05) is 13.1 Å². The van der Waals surface area contributed by atoms with Crippen molar-refractivity contribution in [2.45, 2.75) is 40.0 Å². The third-order valence-electron chi connectivity index (χ3n) is 2.02. The van der Waals surface area contributed by atoms with Gasteiger partial charge in [-0.1, -0.05) is 26.8 Å². The second kappa shape index (κ2) is 6.26. The fourth-order valence-corrected chi connectivity index (χ4v) is 1.11. The van der Waals surface area contributed by atoms with Gasteiger partial charge in [0.05, 0.1) is 0 Å². The molecule has 0 aliphatic carbocycles. The van der Waals surface area contributed by atoms with E-state index in [9.17, 15) is 0 Å². The average molecular weight is 155 g/mol. The number of rotatable bonds is 6. The highest BCUT2D eigenvalue weighted by molar-refractivity contribution is 4.91. The zero-order chi connectivity index (χ0) is 8.69. The van der Waals surface area contributed by atoms with E-state index in [0.29, 0.717) is 0 Å². The Labute approximate surface area is 71.1 Å². The van der Waals surface area contributed by atoms with Gasteiger partial charge in [0.1, 0.15) is 0 Å². The molecule has 0 aromatic heterocycles. The molecule has 0 heterocycles. The standard InChI is InChI=1S/C10H21N/c1-5-8-9-11(7-3)10(4)6-2/h4-9H2,1-3H3. The molecule has 0 bridgehead atoms. The Morgan fingerprint density at radius 1 is 1.27 bits per heavy atom. The van der Waals surface area contributed by atoms with Crippen LogP contribution in [0.3, 0.4) is 0 Å². The Balaban J connectivity index is 3.65. The van der Waals surface area contributed by atoms with E-state index in [4.69, 9.17) is 0 Å². The molecule has 0 amide bonds. The minimum absolute atomic E-state index is 1.08. The molecule has 0 rings (SSSR count). The Kier molecular flexibility index (Phi) is 6.00. The van der Waals surface area contributed by atoms with E-state index in [1.807, 2.05) is 0 Å². The number of hydrogen-bond acceptors (Lipinski definition) is 1. The van der Waals surface area contributed by atoms with Gasteiger partial charge in [-0.25, -0.2) is 0 Å². The summed E-state index contributed by atoms with van der Waals surface area (Å²) >= 11 is 0. The van der Waals surface area contributed by atoms with Crippen molar-refractivity contribution in [1.29, 1.82) is 0 Å². The Bertz CT molecular complexity index is 107. The number of hydrogen-bond donors (Lipinski definition) is 0. The summed E-state index contributed by atoms with van der Waals surface area (Å²) in [5.74, 6) is 0. The van der Waals surface area contributed by atoms with E-state index in [0.717, 1.165) is 13.0 Å². The molecule has 0 unspecified atom stereocenters. The summed E-state index contributed by atoms with van der Waals surface area (Å²) in [5, 5.41) is 0. The molecular formula is C10H21N. The first-order valence-electron chi connectivity index (χ1n) is 4.68. The lowest BCUT2D eigenvalue weighted by molar-refractivity contribution is 0.347. The molecule has 0 saturated heterocycles. The average Bonchev–Trinajstić information content (AvgIpc) is 2.05. The molecule has 0 aromatic carbocycles. The fraction of sp³-hybridized carbons (Fsp3) is 0.800. The number of unbranched alkanes of at least 4 members (excludes halogenated alkanes) is 1. The molecule has 1 heteroatoms. The van der Waals surface area contributed by atoms with Crippen LogP contribution in [0.2, 0.25) is 0 Å². The lowest BCUT2D eigenvalue weighted by atomic mass is 10.2. The number of allylic oxidation sites excluding steroid dienone is 1. The molecule has 0 N–H and O–H groups in total. The first-order valence-corrected chi connectivity index (χ1v) is 4.68. The van der Waals surface area contributed by atoms with Crippen molar-refractivity contribution in [3.63, 3.8) is 0 Å². The van der Waals surface area contributed by atoms with Gasteiger partial charge in [-0.15, -0.1) is 0 Å². The zero-order valence-corrected chi connectivity index (χ0v) is 8.19. The Morgan fingerprint density at radius 3 is 2.27 bits per heavy atom. The normalized spacial score (nSPS) is 9.73. The van der Waals surface area contributed by atoms with Crippen LogP contribution >= 0.6 is 0 Å². The molecule has 0 aliphatic rings. The molecule has 0 aromatic rings. The molecule has 0 radical (unpaired) electrons. The van der Waals surface area contributed by atoms with Crippen LogP contribution in [0.4, 0.5) is 0 Å². The second-order valence-electron chi connectivity index (χ2n) is 2.85. The van der Waals surface area contributed by atoms with E-state index >= 15 is 0 Å². The van der Waals surface area contributed by atoms with E-state index < -0.39 is 0 Å². The molecule has 0 saturated carbocycles. The Hall–Kier alpha value is -0.460. The first kappa shape index (κ1) is 10.5. The summed E-state index contributed by atoms with van der Waals surface area (Å²) in [6.07, 6.45) is 3.64. The van der Waals surface area contributed by atoms with Gasteiger partial charge in [0.25, 0.3) is 0 Å². The van der Waals surface area contributed by atoms with Crippen LogP contribution in [-0.4, -0.2) is 18.0 Å². The zero-order valence-electron chi connectivity index (χ0n) is 8.19. The molecular weight excluding hydrogens is 134 g/mol. The topological polar surface area (TPSA) is 3.24 Å². The van der Waals surface area contributed by atoms with Crippen molar-refractivity contribution >= 4 is 0 Å². The third kappa shape index (κ3) is 4.07. The predicted molar refractivity (Wildman–Crippen MR) is 51.6 cm³/mol. The summed E-state index contributed by atoms with van der Waals surface area (Å²) in [6.45, 7) is 12.9. The van der Waals surface area contributed by atoms with Crippen molar-refractivity contribution in [2.24, 2.45) is 0 Å². The lowest BCUT2D eigenvalue weighted by Crippen LogP contribution is -2.22. The van der Waals surface area contributed by atoms with Crippen LogP contribution in [0.25, 0.3) is 0 Å². The monoisotopic (exact) mass is 155 g/mol. The fourth-order valence-electron chi connectivity index (χ4n) is 1.11. The molecule has 0 spiro atoms. The minimum atomic E-state index is 1.08. The maximum absolute atomic E-state index is 4.02. The van der Waals surface area contributed by atoms with E-state index in [-0.39, 0.29) is 0 Å². The van der Waals surface area contributed by atoms with Crippen molar-refractivity contribution < 1.29 is 0 Å². The SMILES string of the molecule is C=C(CC)N(CC)CCCC. The van der Waals surface area contributed by atoms with Crippen LogP contribution in [0.5, 0.6) is 0 Å². The maximum atomic E-state index is 4.02. The van der Waals surface area contributed by atoms with Gasteiger partial charge < -0.3 is 4.90 Å². The largest absolute Gasteiger partial charge is 0.376 e. The van der Waals surface area contributed by atoms with Gasteiger partial charge in [-0.2, -0.15) is 0 Å². The van der Waals surface area contributed by atoms with Crippen LogP contribution in [0.15, 0.2) is 12.3 Å². The summed E-state index contributed by atoms with van der Waals surface area (Å²) in [7, 11) is 0. The van der Waals surface area contributed by atoms with Crippen molar-refractivity contribution in [1.82, 2.24) is 4.90 Å². The van der Waals surface area contributed by atoms with Crippen LogP contribution < -0.4 is 0 Å². The van der Waals surface area contributed by atoms with E-state index in [2.05, 4.69) is 32.3 Å². The maximum Gasteiger partial charge on any atom is 0.0174 e. The van der Waals surface area contributed by atoms with Gasteiger partial charge >= 0.3 is 0 Å². The lowest BCUT2D eigenvalue weighted by Gasteiger charge is -2.24. The summed E-state index contributed by atoms with van der Waals surface area (Å²) in [5.41, 5.74) is 1.28. The first-order chi connectivity index (χ1) is 5.26. The van der Waals surface area contributed by atoms with Crippen LogP contribution in [-0.2, 0) is 0 Å². The van der Waals surface area contributed by atoms with Crippen molar-refractivity contribution in [3.8, 4) is 0 Å². The van der Waals surface area contributed by atoms with Gasteiger partial charge in [-0.3, -0.25) is 0 Å². The highest BCUT2D eigenvalue weighted by Gasteiger charge is 2.00. The smallest absolute Gasteiger partial charge is 0.0174 e. The molecule has 0 fully saturated rings. The quantitative estimate of drug-likeness (QED) is 0.570. The summed E-state index contributed by atoms with van der Waals surface area (Å²) in [6, 6.07) is 0. The molecule has 66 valence electrons. The number of nitrogens with zero attached hydrogens (tertiary/aromatic N) is 1. The Morgan fingerprint density at radius 2 is 1.91 bits per heavy atom. The third-order valence-corrected chi connectivity index (χ3v) is 2.02. The summed E-state index contributed by atoms with van der Waals surface area (Å²) < 4.78 is 0. The van der Waals surface area contributed by atoms with Gasteiger partial charge in [0, 0.05) is 18.8 Å². The summed E-state index contributed by atoms with van der Waals surface area (Å²) in [4.78, 5) is 2.36. The predicted octanol–water partition coefficient (Wildman–Crippen LogP) is 3.03. The van der Waals surface area contributed by atoms with Crippen LogP contribution in [0, 0.1) is 0 Å². The van der Waals surface area contributed by atoms with Gasteiger partial charge in [-0.05, 0) is 19.8 Å². The highest BCUT2D eigenvalue weighted by Crippen LogP contribution is 2.06. The molecule has 11 heavy (non-hydrogen) atoms. The molecule has 0 aliphatic heterocycles. The minimum Gasteiger partial charge on any atom is -0.376 e. The van der Waals surface area contributed by atoms with Crippen LogP contribution in [0.1, 0.15) is 40.0 Å². The van der Waals surface area contributed by atoms with Crippen molar-refractivity contribution in [3.05, 3.63) is 12.3 Å². The van der Waals surface area contributed by atoms with Gasteiger partial charge in [0.15, 0.2) is 0 Å². The second-order valence-corrected chi connectivity index (χ2v) is 2.85.